The highest BCUT2D eigenvalue weighted by Crippen LogP contribution is 2.31. The highest BCUT2D eigenvalue weighted by molar-refractivity contribution is 6.17. The number of nitro groups is 1. The Hall–Kier alpha value is -1.29. The van der Waals surface area contributed by atoms with Gasteiger partial charge < -0.3 is 4.90 Å². The van der Waals surface area contributed by atoms with Crippen molar-refractivity contribution < 1.29 is 4.92 Å². The van der Waals surface area contributed by atoms with E-state index in [0.29, 0.717) is 17.4 Å². The first-order valence-corrected chi connectivity index (χ1v) is 7.14. The summed E-state index contributed by atoms with van der Waals surface area (Å²) in [6.07, 6.45) is 1.19. The molecule has 5 heteroatoms. The molecule has 0 aromatic heterocycles. The van der Waals surface area contributed by atoms with Gasteiger partial charge in [0.25, 0.3) is 5.69 Å². The van der Waals surface area contributed by atoms with Crippen molar-refractivity contribution in [3.05, 3.63) is 33.9 Å². The van der Waals surface area contributed by atoms with Crippen LogP contribution in [-0.2, 0) is 5.88 Å². The summed E-state index contributed by atoms with van der Waals surface area (Å²) < 4.78 is 0. The van der Waals surface area contributed by atoms with Gasteiger partial charge in [0.1, 0.15) is 0 Å². The number of rotatable bonds is 4. The van der Waals surface area contributed by atoms with Crippen LogP contribution in [0.15, 0.2) is 18.2 Å². The lowest BCUT2D eigenvalue weighted by molar-refractivity contribution is -0.385. The van der Waals surface area contributed by atoms with Crippen LogP contribution in [0.2, 0.25) is 0 Å². The second kappa shape index (κ2) is 5.78. The monoisotopic (exact) mass is 282 g/mol. The van der Waals surface area contributed by atoms with Gasteiger partial charge in [-0.1, -0.05) is 13.8 Å². The van der Waals surface area contributed by atoms with E-state index in [2.05, 4.69) is 18.7 Å². The Bertz CT molecular complexity index is 477. The predicted molar refractivity (Wildman–Crippen MR) is 77.8 cm³/mol. The van der Waals surface area contributed by atoms with Gasteiger partial charge in [-0.15, -0.1) is 11.6 Å². The van der Waals surface area contributed by atoms with Crippen LogP contribution in [0.25, 0.3) is 0 Å². The largest absolute Gasteiger partial charge is 0.371 e. The molecule has 0 saturated carbocycles. The quantitative estimate of drug-likeness (QED) is 0.479. The topological polar surface area (TPSA) is 46.4 Å². The molecule has 1 atom stereocenters. The van der Waals surface area contributed by atoms with Gasteiger partial charge in [0.2, 0.25) is 0 Å². The van der Waals surface area contributed by atoms with E-state index >= 15 is 0 Å². The standard InChI is InChI=1S/C14H19ClN2O2/c1-10(2)11-5-6-16(9-11)13-3-4-14(17(18)19)12(7-13)8-15/h3-4,7,10-11H,5-6,8-9H2,1-2H3. The van der Waals surface area contributed by atoms with Crippen molar-refractivity contribution in [3.63, 3.8) is 0 Å². The summed E-state index contributed by atoms with van der Waals surface area (Å²) in [7, 11) is 0. The molecule has 0 bridgehead atoms. The van der Waals surface area contributed by atoms with Gasteiger partial charge in [0.05, 0.1) is 10.8 Å². The smallest absolute Gasteiger partial charge is 0.273 e. The van der Waals surface area contributed by atoms with E-state index in [-0.39, 0.29) is 16.5 Å². The number of nitrogens with zero attached hydrogens (tertiary/aromatic N) is 2. The third-order valence-corrected chi connectivity index (χ3v) is 4.22. The first kappa shape index (κ1) is 14.1. The van der Waals surface area contributed by atoms with Crippen molar-refractivity contribution in [1.29, 1.82) is 0 Å². The van der Waals surface area contributed by atoms with Crippen LogP contribution in [0.4, 0.5) is 11.4 Å². The average Bonchev–Trinajstić information content (AvgIpc) is 2.87. The molecule has 1 fully saturated rings. The van der Waals surface area contributed by atoms with Gasteiger partial charge in [-0.3, -0.25) is 10.1 Å². The van der Waals surface area contributed by atoms with E-state index in [1.165, 1.54) is 6.42 Å². The predicted octanol–water partition coefficient (Wildman–Crippen LogP) is 3.82. The number of hydrogen-bond acceptors (Lipinski definition) is 3. The summed E-state index contributed by atoms with van der Waals surface area (Å²) in [4.78, 5) is 12.8. The fourth-order valence-electron chi connectivity index (χ4n) is 2.62. The number of benzene rings is 1. The van der Waals surface area contributed by atoms with Gasteiger partial charge in [-0.25, -0.2) is 0 Å². The maximum atomic E-state index is 10.9. The van der Waals surface area contributed by atoms with E-state index in [0.717, 1.165) is 18.8 Å². The zero-order valence-corrected chi connectivity index (χ0v) is 12.1. The highest BCUT2D eigenvalue weighted by atomic mass is 35.5. The van der Waals surface area contributed by atoms with E-state index < -0.39 is 0 Å². The molecule has 0 N–H and O–H groups in total. The second-order valence-corrected chi connectivity index (χ2v) is 5.71. The number of nitro benzene ring substituents is 1. The number of halogens is 1. The van der Waals surface area contributed by atoms with Crippen molar-refractivity contribution in [1.82, 2.24) is 0 Å². The van der Waals surface area contributed by atoms with Crippen molar-refractivity contribution in [2.24, 2.45) is 11.8 Å². The van der Waals surface area contributed by atoms with Crippen LogP contribution in [0.1, 0.15) is 25.8 Å². The summed E-state index contributed by atoms with van der Waals surface area (Å²) in [5.41, 5.74) is 1.75. The summed E-state index contributed by atoms with van der Waals surface area (Å²) in [5.74, 6) is 1.55. The first-order valence-electron chi connectivity index (χ1n) is 6.61. The maximum absolute atomic E-state index is 10.9. The molecule has 1 aliphatic heterocycles. The molecule has 104 valence electrons. The maximum Gasteiger partial charge on any atom is 0.273 e. The molecule has 0 spiro atoms. The minimum atomic E-state index is -0.373. The zero-order valence-electron chi connectivity index (χ0n) is 11.3. The molecule has 1 heterocycles. The molecule has 19 heavy (non-hydrogen) atoms. The van der Waals surface area contributed by atoms with E-state index in [9.17, 15) is 10.1 Å². The molecule has 2 rings (SSSR count). The molecular formula is C14H19ClN2O2. The minimum Gasteiger partial charge on any atom is -0.371 e. The Morgan fingerprint density at radius 1 is 1.53 bits per heavy atom. The lowest BCUT2D eigenvalue weighted by Gasteiger charge is -2.20. The molecule has 0 radical (unpaired) electrons. The van der Waals surface area contributed by atoms with Crippen molar-refractivity contribution in [2.75, 3.05) is 18.0 Å². The summed E-state index contributed by atoms with van der Waals surface area (Å²) in [5, 5.41) is 10.9. The number of alkyl halides is 1. The lowest BCUT2D eigenvalue weighted by atomic mass is 9.95. The van der Waals surface area contributed by atoms with E-state index in [4.69, 9.17) is 11.6 Å². The number of anilines is 1. The average molecular weight is 283 g/mol. The van der Waals surface area contributed by atoms with Crippen LogP contribution < -0.4 is 4.90 Å². The van der Waals surface area contributed by atoms with Crippen molar-refractivity contribution in [3.8, 4) is 0 Å². The van der Waals surface area contributed by atoms with Gasteiger partial charge in [0.15, 0.2) is 0 Å². The molecule has 1 aromatic carbocycles. The Morgan fingerprint density at radius 3 is 2.79 bits per heavy atom. The molecule has 1 aromatic rings. The summed E-state index contributed by atoms with van der Waals surface area (Å²) in [6, 6.07) is 5.25. The molecule has 1 aliphatic rings. The lowest BCUT2D eigenvalue weighted by Crippen LogP contribution is -2.21. The third-order valence-electron chi connectivity index (χ3n) is 3.94. The van der Waals surface area contributed by atoms with Crippen LogP contribution in [-0.4, -0.2) is 18.0 Å². The molecule has 4 nitrogen and oxygen atoms in total. The van der Waals surface area contributed by atoms with Crippen molar-refractivity contribution in [2.45, 2.75) is 26.1 Å². The Kier molecular flexibility index (Phi) is 4.30. The SMILES string of the molecule is CC(C)C1CCN(c2ccc([N+](=O)[O-])c(CCl)c2)C1. The molecule has 1 unspecified atom stereocenters. The first-order chi connectivity index (χ1) is 9.02. The van der Waals surface area contributed by atoms with Gasteiger partial charge in [0, 0.05) is 30.4 Å². The Morgan fingerprint density at radius 2 is 2.26 bits per heavy atom. The zero-order chi connectivity index (χ0) is 14.0. The van der Waals surface area contributed by atoms with Crippen LogP contribution >= 0.6 is 11.6 Å². The van der Waals surface area contributed by atoms with E-state index in [1.54, 1.807) is 6.07 Å². The Balaban J connectivity index is 2.20. The molecular weight excluding hydrogens is 264 g/mol. The minimum absolute atomic E-state index is 0.110. The normalized spacial score (nSPS) is 19.2. The molecule has 0 aliphatic carbocycles. The summed E-state index contributed by atoms with van der Waals surface area (Å²) >= 11 is 5.81. The van der Waals surface area contributed by atoms with Gasteiger partial charge >= 0.3 is 0 Å². The van der Waals surface area contributed by atoms with Gasteiger partial charge in [-0.2, -0.15) is 0 Å². The Labute approximate surface area is 118 Å². The highest BCUT2D eigenvalue weighted by Gasteiger charge is 2.26. The van der Waals surface area contributed by atoms with Crippen molar-refractivity contribution >= 4 is 23.0 Å². The van der Waals surface area contributed by atoms with Crippen LogP contribution in [0.3, 0.4) is 0 Å². The molecule has 0 amide bonds. The summed E-state index contributed by atoms with van der Waals surface area (Å²) in [6.45, 7) is 6.53. The van der Waals surface area contributed by atoms with E-state index in [1.807, 2.05) is 12.1 Å². The fraction of sp³-hybridized carbons (Fsp3) is 0.571. The van der Waals surface area contributed by atoms with Crippen LogP contribution in [0.5, 0.6) is 0 Å². The van der Waals surface area contributed by atoms with Gasteiger partial charge in [-0.05, 0) is 30.4 Å². The molecule has 1 saturated heterocycles. The number of hydrogen-bond donors (Lipinski definition) is 0. The second-order valence-electron chi connectivity index (χ2n) is 5.44. The fourth-order valence-corrected chi connectivity index (χ4v) is 2.83. The van der Waals surface area contributed by atoms with Crippen LogP contribution in [0, 0.1) is 22.0 Å². The third kappa shape index (κ3) is 3.00.